The molecule has 3 heteroatoms. The number of hydrogen-bond donors (Lipinski definition) is 0. The quantitative estimate of drug-likeness (QED) is 0.130. The lowest BCUT2D eigenvalue weighted by molar-refractivity contribution is 0.0734. The van der Waals surface area contributed by atoms with E-state index < -0.39 is 0 Å². The second-order valence-corrected chi connectivity index (χ2v) is 8.76. The second kappa shape index (κ2) is 15.0. The lowest BCUT2D eigenvalue weighted by Crippen LogP contribution is -2.08. The molecule has 0 atom stereocenters. The Labute approximate surface area is 205 Å². The van der Waals surface area contributed by atoms with Crippen LogP contribution in [-0.2, 0) is 0 Å². The maximum Gasteiger partial charge on any atom is 0.343 e. The van der Waals surface area contributed by atoms with Crippen LogP contribution in [0.2, 0.25) is 0 Å². The van der Waals surface area contributed by atoms with Crippen molar-refractivity contribution in [2.45, 2.75) is 71.1 Å². The number of carbonyl (C=O) groups is 1. The number of ether oxygens (including phenoxy) is 2. The largest absolute Gasteiger partial charge is 0.494 e. The van der Waals surface area contributed by atoms with E-state index in [9.17, 15) is 4.79 Å². The summed E-state index contributed by atoms with van der Waals surface area (Å²) in [7, 11) is 0. The number of hydrogen-bond acceptors (Lipinski definition) is 3. The molecule has 0 aliphatic rings. The third kappa shape index (κ3) is 9.05. The first kappa shape index (κ1) is 25.6. The average Bonchev–Trinajstić information content (AvgIpc) is 2.88. The Kier molecular flexibility index (Phi) is 11.2. The zero-order chi connectivity index (χ0) is 23.8. The highest BCUT2D eigenvalue weighted by Gasteiger charge is 2.09. The molecule has 1 radical (unpaired) electrons. The summed E-state index contributed by atoms with van der Waals surface area (Å²) in [6.45, 7) is 2.98. The van der Waals surface area contributed by atoms with Gasteiger partial charge in [-0.25, -0.2) is 4.79 Å². The van der Waals surface area contributed by atoms with E-state index in [1.807, 2.05) is 60.7 Å². The molecule has 0 amide bonds. The fourth-order valence-electron chi connectivity index (χ4n) is 3.93. The van der Waals surface area contributed by atoms with E-state index in [0.717, 1.165) is 23.3 Å². The van der Waals surface area contributed by atoms with Crippen molar-refractivity contribution >= 4 is 5.97 Å². The van der Waals surface area contributed by atoms with Crippen molar-refractivity contribution < 1.29 is 14.3 Å². The van der Waals surface area contributed by atoms with Crippen LogP contribution in [0, 0.1) is 6.07 Å². The topological polar surface area (TPSA) is 35.5 Å². The van der Waals surface area contributed by atoms with Crippen molar-refractivity contribution in [2.24, 2.45) is 0 Å². The van der Waals surface area contributed by atoms with Gasteiger partial charge in [-0.05, 0) is 60.0 Å². The summed E-state index contributed by atoms with van der Waals surface area (Å²) < 4.78 is 11.3. The van der Waals surface area contributed by atoms with Crippen LogP contribution < -0.4 is 9.47 Å². The Morgan fingerprint density at radius 3 is 1.79 bits per heavy atom. The molecular weight excluding hydrogens is 420 g/mol. The lowest BCUT2D eigenvalue weighted by Gasteiger charge is -2.08. The Morgan fingerprint density at radius 2 is 1.18 bits per heavy atom. The third-order valence-electron chi connectivity index (χ3n) is 5.97. The van der Waals surface area contributed by atoms with Gasteiger partial charge in [0.15, 0.2) is 0 Å². The van der Waals surface area contributed by atoms with Crippen molar-refractivity contribution in [3.63, 3.8) is 0 Å². The molecule has 0 bridgehead atoms. The fourth-order valence-corrected chi connectivity index (χ4v) is 3.93. The number of esters is 1. The maximum atomic E-state index is 12.5. The van der Waals surface area contributed by atoms with E-state index in [0.29, 0.717) is 17.9 Å². The SMILES string of the molecule is CCCCCCCCCCCCOc1ccc(C(=O)Oc2ccc(-c3cc[c]cc3)cc2)cc1. The van der Waals surface area contributed by atoms with Crippen molar-refractivity contribution in [1.29, 1.82) is 0 Å². The second-order valence-electron chi connectivity index (χ2n) is 8.76. The van der Waals surface area contributed by atoms with Crippen LogP contribution >= 0.6 is 0 Å². The summed E-state index contributed by atoms with van der Waals surface area (Å²) in [6.07, 6.45) is 13.1. The Balaban J connectivity index is 1.32. The van der Waals surface area contributed by atoms with Crippen molar-refractivity contribution in [1.82, 2.24) is 0 Å². The Morgan fingerprint density at radius 1 is 0.647 bits per heavy atom. The van der Waals surface area contributed by atoms with Gasteiger partial charge in [0.1, 0.15) is 11.5 Å². The van der Waals surface area contributed by atoms with Gasteiger partial charge in [0, 0.05) is 0 Å². The zero-order valence-electron chi connectivity index (χ0n) is 20.4. The number of benzene rings is 3. The fraction of sp³-hybridized carbons (Fsp3) is 0.387. The van der Waals surface area contributed by atoms with E-state index in [4.69, 9.17) is 9.47 Å². The molecule has 0 aliphatic heterocycles. The minimum absolute atomic E-state index is 0.372. The Bertz CT molecular complexity index is 946. The summed E-state index contributed by atoms with van der Waals surface area (Å²) in [5.74, 6) is 0.942. The molecule has 0 saturated carbocycles. The summed E-state index contributed by atoms with van der Waals surface area (Å²) in [4.78, 5) is 12.5. The zero-order valence-corrected chi connectivity index (χ0v) is 20.4. The molecule has 0 spiro atoms. The van der Waals surface area contributed by atoms with Gasteiger partial charge < -0.3 is 9.47 Å². The minimum Gasteiger partial charge on any atom is -0.494 e. The van der Waals surface area contributed by atoms with Gasteiger partial charge in [0.2, 0.25) is 0 Å². The van der Waals surface area contributed by atoms with Crippen LogP contribution in [0.4, 0.5) is 0 Å². The van der Waals surface area contributed by atoms with Crippen LogP contribution in [0.25, 0.3) is 11.1 Å². The van der Waals surface area contributed by atoms with Gasteiger partial charge in [-0.3, -0.25) is 0 Å². The highest BCUT2D eigenvalue weighted by Crippen LogP contribution is 2.23. The van der Waals surface area contributed by atoms with E-state index in [1.165, 1.54) is 57.8 Å². The molecular formula is C31H37O3. The highest BCUT2D eigenvalue weighted by molar-refractivity contribution is 5.91. The highest BCUT2D eigenvalue weighted by atomic mass is 16.5. The van der Waals surface area contributed by atoms with Crippen LogP contribution in [-0.4, -0.2) is 12.6 Å². The third-order valence-corrected chi connectivity index (χ3v) is 5.97. The van der Waals surface area contributed by atoms with Crippen molar-refractivity contribution in [2.75, 3.05) is 6.61 Å². The van der Waals surface area contributed by atoms with Crippen LogP contribution in [0.5, 0.6) is 11.5 Å². The van der Waals surface area contributed by atoms with Gasteiger partial charge in [0.05, 0.1) is 12.2 Å². The maximum absolute atomic E-state index is 12.5. The number of carbonyl (C=O) groups excluding carboxylic acids is 1. The van der Waals surface area contributed by atoms with Crippen molar-refractivity contribution in [3.8, 4) is 22.6 Å². The first-order chi connectivity index (χ1) is 16.8. The summed E-state index contributed by atoms with van der Waals surface area (Å²) in [6, 6.07) is 25.5. The first-order valence-electron chi connectivity index (χ1n) is 12.8. The molecule has 34 heavy (non-hydrogen) atoms. The molecule has 0 heterocycles. The van der Waals surface area contributed by atoms with E-state index in [2.05, 4.69) is 13.0 Å². The molecule has 0 saturated heterocycles. The average molecular weight is 458 g/mol. The number of rotatable bonds is 15. The van der Waals surface area contributed by atoms with E-state index in [1.54, 1.807) is 12.1 Å². The van der Waals surface area contributed by atoms with Gasteiger partial charge in [0.25, 0.3) is 0 Å². The number of unbranched alkanes of at least 4 members (excludes halogenated alkanes) is 9. The van der Waals surface area contributed by atoms with Crippen LogP contribution in [0.3, 0.4) is 0 Å². The molecule has 3 aromatic carbocycles. The molecule has 3 aromatic rings. The molecule has 3 rings (SSSR count). The summed E-state index contributed by atoms with van der Waals surface area (Å²) in [5.41, 5.74) is 2.68. The predicted molar refractivity (Wildman–Crippen MR) is 139 cm³/mol. The molecule has 0 aromatic heterocycles. The molecule has 0 N–H and O–H groups in total. The summed E-state index contributed by atoms with van der Waals surface area (Å²) >= 11 is 0. The van der Waals surface area contributed by atoms with E-state index >= 15 is 0 Å². The lowest BCUT2D eigenvalue weighted by atomic mass is 10.1. The van der Waals surface area contributed by atoms with Gasteiger partial charge in [-0.1, -0.05) is 101 Å². The first-order valence-corrected chi connectivity index (χ1v) is 12.8. The van der Waals surface area contributed by atoms with E-state index in [-0.39, 0.29) is 5.97 Å². The standard InChI is InChI=1S/C31H37O3/c1-2-3-4-5-6-7-8-9-10-14-25-33-29-21-19-28(20-22-29)31(32)34-30-23-17-27(18-24-30)26-15-12-11-13-16-26/h12-13,15-24H,2-10,14,25H2,1H3. The Hall–Kier alpha value is -3.07. The smallest absolute Gasteiger partial charge is 0.343 e. The molecule has 0 fully saturated rings. The van der Waals surface area contributed by atoms with Crippen LogP contribution in [0.15, 0.2) is 72.8 Å². The molecule has 179 valence electrons. The summed E-state index contributed by atoms with van der Waals surface area (Å²) in [5, 5.41) is 0. The van der Waals surface area contributed by atoms with Crippen molar-refractivity contribution in [3.05, 3.63) is 84.4 Å². The predicted octanol–water partition coefficient (Wildman–Crippen LogP) is 8.67. The normalized spacial score (nSPS) is 10.7. The monoisotopic (exact) mass is 457 g/mol. The molecule has 0 unspecified atom stereocenters. The molecule has 0 aliphatic carbocycles. The van der Waals surface area contributed by atoms with Gasteiger partial charge in [-0.2, -0.15) is 0 Å². The molecule has 3 nitrogen and oxygen atoms in total. The van der Waals surface area contributed by atoms with Crippen LogP contribution in [0.1, 0.15) is 81.5 Å². The minimum atomic E-state index is -0.372. The van der Waals surface area contributed by atoms with Gasteiger partial charge in [-0.15, -0.1) is 0 Å². The van der Waals surface area contributed by atoms with Gasteiger partial charge >= 0.3 is 5.97 Å².